The van der Waals surface area contributed by atoms with Gasteiger partial charge >= 0.3 is 0 Å². The standard InChI is InChI=1S/C31H41N3O5/c1-6-23(15-14-22(5)35)34(31(38)26-11-7-8-13-28(26)32)21(4)16-17-33-19-29(36)25-12-9-10-24(39-20(2)3)18-27(25)30(33)37/h6,9-12,14-15,19-22,32,35-36H,7-8,13,16-18H2,1-5H3. The zero-order valence-corrected chi connectivity index (χ0v) is 23.6. The van der Waals surface area contributed by atoms with Crippen LogP contribution in [0.1, 0.15) is 71.4 Å². The van der Waals surface area contributed by atoms with Crippen LogP contribution in [-0.2, 0) is 22.5 Å². The molecule has 0 fully saturated rings. The van der Waals surface area contributed by atoms with E-state index in [4.69, 9.17) is 10.1 Å². The van der Waals surface area contributed by atoms with E-state index in [9.17, 15) is 19.8 Å². The number of nitrogens with one attached hydrogen (secondary N) is 1. The number of hydrogen-bond donors (Lipinski definition) is 3. The predicted octanol–water partition coefficient (Wildman–Crippen LogP) is 5.01. The maximum absolute atomic E-state index is 13.7. The van der Waals surface area contributed by atoms with Crippen molar-refractivity contribution in [1.82, 2.24) is 9.47 Å². The number of hydrogen-bond acceptors (Lipinski definition) is 6. The largest absolute Gasteiger partial charge is 0.506 e. The Labute approximate surface area is 230 Å². The lowest BCUT2D eigenvalue weighted by Crippen LogP contribution is -2.41. The van der Waals surface area contributed by atoms with Crippen LogP contribution in [0.3, 0.4) is 0 Å². The molecule has 3 N–H and O–H groups in total. The highest BCUT2D eigenvalue weighted by Gasteiger charge is 2.29. The molecule has 0 saturated carbocycles. The molecule has 1 heterocycles. The summed E-state index contributed by atoms with van der Waals surface area (Å²) in [6, 6.07) is -0.342. The van der Waals surface area contributed by atoms with E-state index in [1.807, 2.05) is 39.8 Å². The Morgan fingerprint density at radius 2 is 2.03 bits per heavy atom. The average Bonchev–Trinajstić information content (AvgIpc) is 3.10. The molecule has 8 heteroatoms. The lowest BCUT2D eigenvalue weighted by Gasteiger charge is -2.32. The van der Waals surface area contributed by atoms with Gasteiger partial charge in [-0.3, -0.25) is 9.59 Å². The number of aromatic nitrogens is 1. The van der Waals surface area contributed by atoms with E-state index in [2.05, 4.69) is 0 Å². The molecule has 3 rings (SSSR count). The third-order valence-electron chi connectivity index (χ3n) is 6.78. The first-order valence-corrected chi connectivity index (χ1v) is 13.7. The quantitative estimate of drug-likeness (QED) is 0.364. The van der Waals surface area contributed by atoms with Crippen molar-refractivity contribution in [3.05, 3.63) is 81.2 Å². The molecule has 2 unspecified atom stereocenters. The molecule has 0 radical (unpaired) electrons. The lowest BCUT2D eigenvalue weighted by molar-refractivity contribution is -0.126. The predicted molar refractivity (Wildman–Crippen MR) is 155 cm³/mol. The molecule has 0 saturated heterocycles. The molecule has 0 spiro atoms. The number of aliphatic hydroxyl groups is 1. The van der Waals surface area contributed by atoms with Gasteiger partial charge in [0.1, 0.15) is 11.5 Å². The molecule has 0 aromatic carbocycles. The Kier molecular flexibility index (Phi) is 10.3. The van der Waals surface area contributed by atoms with E-state index >= 15 is 0 Å². The highest BCUT2D eigenvalue weighted by molar-refractivity contribution is 6.21. The Morgan fingerprint density at radius 3 is 2.67 bits per heavy atom. The molecular formula is C31H41N3O5. The van der Waals surface area contributed by atoms with Gasteiger partial charge in [0, 0.05) is 47.7 Å². The van der Waals surface area contributed by atoms with Gasteiger partial charge in [-0.1, -0.05) is 30.4 Å². The summed E-state index contributed by atoms with van der Waals surface area (Å²) in [7, 11) is 0. The molecule has 1 aromatic heterocycles. The third-order valence-corrected chi connectivity index (χ3v) is 6.78. The number of carbonyl (C=O) groups is 1. The van der Waals surface area contributed by atoms with Crippen molar-refractivity contribution >= 4 is 17.7 Å². The Bertz CT molecular complexity index is 1290. The minimum Gasteiger partial charge on any atom is -0.506 e. The number of aliphatic hydroxyl groups excluding tert-OH is 1. The zero-order chi connectivity index (χ0) is 28.7. The maximum atomic E-state index is 13.7. The minimum atomic E-state index is -0.687. The van der Waals surface area contributed by atoms with Crippen LogP contribution >= 0.6 is 0 Å². The fraction of sp³-hybridized carbons (Fsp3) is 0.452. The van der Waals surface area contributed by atoms with E-state index in [-0.39, 0.29) is 42.3 Å². The van der Waals surface area contributed by atoms with Gasteiger partial charge in [0.25, 0.3) is 11.5 Å². The van der Waals surface area contributed by atoms with Gasteiger partial charge in [-0.25, -0.2) is 0 Å². The third kappa shape index (κ3) is 7.47. The molecular weight excluding hydrogens is 494 g/mol. The van der Waals surface area contributed by atoms with E-state index in [0.29, 0.717) is 46.7 Å². The van der Waals surface area contributed by atoms with Crippen molar-refractivity contribution in [3.8, 4) is 5.75 Å². The summed E-state index contributed by atoms with van der Waals surface area (Å²) in [6.45, 7) is 9.47. The van der Waals surface area contributed by atoms with Crippen molar-refractivity contribution in [1.29, 1.82) is 5.41 Å². The van der Waals surface area contributed by atoms with E-state index in [1.54, 1.807) is 42.2 Å². The second-order valence-electron chi connectivity index (χ2n) is 10.4. The fourth-order valence-corrected chi connectivity index (χ4v) is 4.82. The Balaban J connectivity index is 1.91. The zero-order valence-electron chi connectivity index (χ0n) is 23.6. The number of amides is 1. The van der Waals surface area contributed by atoms with Crippen LogP contribution in [0.2, 0.25) is 0 Å². The summed E-state index contributed by atoms with van der Waals surface area (Å²) < 4.78 is 7.33. The maximum Gasteiger partial charge on any atom is 0.260 e. The number of aromatic hydroxyl groups is 1. The molecule has 1 amide bonds. The average molecular weight is 536 g/mol. The summed E-state index contributed by atoms with van der Waals surface area (Å²) in [6.07, 6.45) is 15.8. The van der Waals surface area contributed by atoms with Crippen molar-refractivity contribution in [3.63, 3.8) is 0 Å². The number of ether oxygens (including phenoxy) is 1. The molecule has 210 valence electrons. The highest BCUT2D eigenvalue weighted by atomic mass is 16.5. The normalized spacial score (nSPS) is 17.4. The van der Waals surface area contributed by atoms with Crippen molar-refractivity contribution < 1.29 is 19.7 Å². The van der Waals surface area contributed by atoms with Crippen LogP contribution in [0.15, 0.2) is 64.5 Å². The van der Waals surface area contributed by atoms with Gasteiger partial charge in [0.2, 0.25) is 0 Å². The number of carbonyl (C=O) groups excluding carboxylic acids is 1. The minimum absolute atomic E-state index is 0.00968. The summed E-state index contributed by atoms with van der Waals surface area (Å²) >= 11 is 0. The second-order valence-corrected chi connectivity index (χ2v) is 10.4. The van der Waals surface area contributed by atoms with Gasteiger partial charge in [0.15, 0.2) is 0 Å². The first kappa shape index (κ1) is 29.9. The number of allylic oxidation sites excluding steroid dienone is 6. The summed E-state index contributed by atoms with van der Waals surface area (Å²) in [5, 5.41) is 28.9. The van der Waals surface area contributed by atoms with Gasteiger partial charge < -0.3 is 29.8 Å². The van der Waals surface area contributed by atoms with Crippen LogP contribution in [0.25, 0.3) is 6.08 Å². The van der Waals surface area contributed by atoms with Crippen LogP contribution in [0, 0.1) is 5.41 Å². The number of rotatable bonds is 10. The van der Waals surface area contributed by atoms with Crippen molar-refractivity contribution in [2.24, 2.45) is 0 Å². The lowest BCUT2D eigenvalue weighted by atomic mass is 9.95. The second kappa shape index (κ2) is 13.4. The molecule has 0 aliphatic heterocycles. The van der Waals surface area contributed by atoms with Crippen LogP contribution < -0.4 is 5.56 Å². The fourth-order valence-electron chi connectivity index (χ4n) is 4.82. The van der Waals surface area contributed by atoms with Gasteiger partial charge in [-0.05, 0) is 72.5 Å². The summed E-state index contributed by atoms with van der Waals surface area (Å²) in [5.74, 6) is 0.402. The highest BCUT2D eigenvalue weighted by Crippen LogP contribution is 2.27. The molecule has 2 aliphatic rings. The number of fused-ring (bicyclic) bond motifs is 1. The Hall–Kier alpha value is -3.65. The SMILES string of the molecule is CC=C(C=CC(C)O)N(C(=O)C1=CCCCC1=N)C(C)CCn1cc(O)c2c(c1=O)CC(OC(C)C)=CC=C2. The molecule has 1 aromatic rings. The van der Waals surface area contributed by atoms with Crippen LogP contribution in [0.5, 0.6) is 5.75 Å². The molecule has 2 atom stereocenters. The molecule has 8 nitrogen and oxygen atoms in total. The first-order chi connectivity index (χ1) is 18.5. The molecule has 2 aliphatic carbocycles. The van der Waals surface area contributed by atoms with Gasteiger partial charge in [-0.15, -0.1) is 0 Å². The number of aryl methyl sites for hydroxylation is 1. The van der Waals surface area contributed by atoms with E-state index in [0.717, 1.165) is 12.8 Å². The van der Waals surface area contributed by atoms with E-state index in [1.165, 1.54) is 10.8 Å². The van der Waals surface area contributed by atoms with Crippen molar-refractivity contribution in [2.45, 2.75) is 91.5 Å². The molecule has 39 heavy (non-hydrogen) atoms. The number of nitrogens with zero attached hydrogens (tertiary/aromatic N) is 2. The van der Waals surface area contributed by atoms with Gasteiger partial charge in [0.05, 0.1) is 17.8 Å². The monoisotopic (exact) mass is 535 g/mol. The Morgan fingerprint density at radius 1 is 1.28 bits per heavy atom. The first-order valence-electron chi connectivity index (χ1n) is 13.7. The van der Waals surface area contributed by atoms with Crippen LogP contribution in [-0.4, -0.2) is 49.5 Å². The summed E-state index contributed by atoms with van der Waals surface area (Å²) in [5.41, 5.74) is 2.07. The number of pyridine rings is 1. The topological polar surface area (TPSA) is 116 Å². The smallest absolute Gasteiger partial charge is 0.260 e. The van der Waals surface area contributed by atoms with Crippen LogP contribution in [0.4, 0.5) is 0 Å². The van der Waals surface area contributed by atoms with E-state index < -0.39 is 6.10 Å². The van der Waals surface area contributed by atoms with Crippen molar-refractivity contribution in [2.75, 3.05) is 0 Å². The molecule has 0 bridgehead atoms. The van der Waals surface area contributed by atoms with Gasteiger partial charge in [-0.2, -0.15) is 0 Å². The summed E-state index contributed by atoms with van der Waals surface area (Å²) in [4.78, 5) is 28.9.